The van der Waals surface area contributed by atoms with E-state index in [1.807, 2.05) is 12.1 Å². The third kappa shape index (κ3) is 4.59. The summed E-state index contributed by atoms with van der Waals surface area (Å²) in [5.41, 5.74) is 5.32. The predicted octanol–water partition coefficient (Wildman–Crippen LogP) is 5.24. The van der Waals surface area contributed by atoms with Crippen molar-refractivity contribution in [1.82, 2.24) is 5.32 Å². The van der Waals surface area contributed by atoms with Gasteiger partial charge in [-0.2, -0.15) is 0 Å². The smallest absolute Gasteiger partial charge is 0.0408 e. The molecule has 0 saturated heterocycles. The van der Waals surface area contributed by atoms with Crippen molar-refractivity contribution in [2.45, 2.75) is 39.7 Å². The average Bonchev–Trinajstić information content (AvgIpc) is 2.46. The molecule has 1 atom stereocenters. The minimum Gasteiger partial charge on any atom is -0.310 e. The molecule has 0 amide bonds. The van der Waals surface area contributed by atoms with Gasteiger partial charge in [0.2, 0.25) is 0 Å². The normalized spacial score (nSPS) is 12.4. The molecule has 0 bridgehead atoms. The van der Waals surface area contributed by atoms with Gasteiger partial charge in [0, 0.05) is 11.1 Å². The first-order valence-corrected chi connectivity index (χ1v) is 8.03. The first-order valence-electron chi connectivity index (χ1n) is 7.65. The minimum absolute atomic E-state index is 0.336. The molecule has 0 aromatic heterocycles. The van der Waals surface area contributed by atoms with E-state index < -0.39 is 0 Å². The van der Waals surface area contributed by atoms with E-state index in [9.17, 15) is 0 Å². The van der Waals surface area contributed by atoms with E-state index in [4.69, 9.17) is 11.6 Å². The number of aryl methyl sites for hydroxylation is 2. The summed E-state index contributed by atoms with van der Waals surface area (Å²) in [6.45, 7) is 7.56. The van der Waals surface area contributed by atoms with Gasteiger partial charge >= 0.3 is 0 Å². The SMILES string of the molecule is CCCNC(Cc1cccc(Cl)c1)c1ccc(C)c(C)c1. The van der Waals surface area contributed by atoms with E-state index in [2.05, 4.69) is 56.4 Å². The molecular weight excluding hydrogens is 278 g/mol. The van der Waals surface area contributed by atoms with Crippen molar-refractivity contribution in [2.75, 3.05) is 6.54 Å². The molecule has 1 N–H and O–H groups in total. The summed E-state index contributed by atoms with van der Waals surface area (Å²) in [4.78, 5) is 0. The first-order chi connectivity index (χ1) is 10.1. The Balaban J connectivity index is 2.22. The lowest BCUT2D eigenvalue weighted by molar-refractivity contribution is 0.529. The maximum Gasteiger partial charge on any atom is 0.0408 e. The first kappa shape index (κ1) is 16.1. The Kier molecular flexibility index (Phi) is 5.84. The van der Waals surface area contributed by atoms with Crippen molar-refractivity contribution in [3.63, 3.8) is 0 Å². The molecule has 1 nitrogen and oxygen atoms in total. The van der Waals surface area contributed by atoms with Crippen LogP contribution in [0.15, 0.2) is 42.5 Å². The fourth-order valence-electron chi connectivity index (χ4n) is 2.51. The van der Waals surface area contributed by atoms with E-state index in [0.717, 1.165) is 24.4 Å². The van der Waals surface area contributed by atoms with Crippen LogP contribution in [0.3, 0.4) is 0 Å². The molecule has 21 heavy (non-hydrogen) atoms. The van der Waals surface area contributed by atoms with Crippen LogP contribution in [0.2, 0.25) is 5.02 Å². The van der Waals surface area contributed by atoms with Crippen LogP contribution >= 0.6 is 11.6 Å². The zero-order valence-corrected chi connectivity index (χ0v) is 13.9. The van der Waals surface area contributed by atoms with Crippen molar-refractivity contribution in [2.24, 2.45) is 0 Å². The number of halogens is 1. The number of nitrogens with one attached hydrogen (secondary N) is 1. The van der Waals surface area contributed by atoms with E-state index >= 15 is 0 Å². The molecule has 0 radical (unpaired) electrons. The van der Waals surface area contributed by atoms with Crippen molar-refractivity contribution >= 4 is 11.6 Å². The highest BCUT2D eigenvalue weighted by Gasteiger charge is 2.12. The van der Waals surface area contributed by atoms with Crippen LogP contribution in [-0.2, 0) is 6.42 Å². The van der Waals surface area contributed by atoms with Gasteiger partial charge in [0.15, 0.2) is 0 Å². The molecule has 0 aliphatic carbocycles. The van der Waals surface area contributed by atoms with Crippen LogP contribution in [0.25, 0.3) is 0 Å². The topological polar surface area (TPSA) is 12.0 Å². The molecule has 0 aliphatic heterocycles. The molecule has 2 aromatic rings. The standard InChI is InChI=1S/C19H24ClN/c1-4-10-21-19(13-16-6-5-7-18(20)12-16)17-9-8-14(2)15(3)11-17/h5-9,11-12,19,21H,4,10,13H2,1-3H3. The molecular formula is C19H24ClN. The zero-order valence-electron chi connectivity index (χ0n) is 13.1. The predicted molar refractivity (Wildman–Crippen MR) is 92.1 cm³/mol. The largest absolute Gasteiger partial charge is 0.310 e. The van der Waals surface area contributed by atoms with E-state index in [1.165, 1.54) is 22.3 Å². The molecule has 0 spiro atoms. The summed E-state index contributed by atoms with van der Waals surface area (Å²) in [6.07, 6.45) is 2.10. The Morgan fingerprint density at radius 1 is 1.05 bits per heavy atom. The van der Waals surface area contributed by atoms with Crippen molar-refractivity contribution in [3.05, 3.63) is 69.7 Å². The zero-order chi connectivity index (χ0) is 15.2. The van der Waals surface area contributed by atoms with E-state index in [0.29, 0.717) is 6.04 Å². The Morgan fingerprint density at radius 3 is 2.52 bits per heavy atom. The van der Waals surface area contributed by atoms with Gasteiger partial charge in [-0.15, -0.1) is 0 Å². The van der Waals surface area contributed by atoms with Gasteiger partial charge in [-0.3, -0.25) is 0 Å². The highest BCUT2D eigenvalue weighted by Crippen LogP contribution is 2.22. The monoisotopic (exact) mass is 301 g/mol. The quantitative estimate of drug-likeness (QED) is 0.769. The lowest BCUT2D eigenvalue weighted by Crippen LogP contribution is -2.24. The van der Waals surface area contributed by atoms with Crippen LogP contribution in [0.4, 0.5) is 0 Å². The summed E-state index contributed by atoms with van der Waals surface area (Å²) in [5.74, 6) is 0. The molecule has 0 fully saturated rings. The summed E-state index contributed by atoms with van der Waals surface area (Å²) in [7, 11) is 0. The fraction of sp³-hybridized carbons (Fsp3) is 0.368. The minimum atomic E-state index is 0.336. The Labute approximate surface area is 133 Å². The Bertz CT molecular complexity index is 592. The fourth-order valence-corrected chi connectivity index (χ4v) is 2.72. The van der Waals surface area contributed by atoms with Gasteiger partial charge in [0.25, 0.3) is 0 Å². The molecule has 0 aliphatic rings. The number of hydrogen-bond acceptors (Lipinski definition) is 1. The molecule has 2 rings (SSSR count). The average molecular weight is 302 g/mol. The second-order valence-corrected chi connectivity index (χ2v) is 6.12. The maximum atomic E-state index is 6.10. The summed E-state index contributed by atoms with van der Waals surface area (Å²) < 4.78 is 0. The molecule has 2 aromatic carbocycles. The second kappa shape index (κ2) is 7.63. The number of hydrogen-bond donors (Lipinski definition) is 1. The summed E-state index contributed by atoms with van der Waals surface area (Å²) in [6, 6.07) is 15.2. The molecule has 2 heteroatoms. The summed E-state index contributed by atoms with van der Waals surface area (Å²) in [5, 5.41) is 4.46. The molecule has 1 unspecified atom stereocenters. The van der Waals surface area contributed by atoms with Gasteiger partial charge in [-0.1, -0.05) is 48.9 Å². The highest BCUT2D eigenvalue weighted by atomic mass is 35.5. The van der Waals surface area contributed by atoms with Crippen molar-refractivity contribution in [3.8, 4) is 0 Å². The highest BCUT2D eigenvalue weighted by molar-refractivity contribution is 6.30. The van der Waals surface area contributed by atoms with Crippen molar-refractivity contribution < 1.29 is 0 Å². The second-order valence-electron chi connectivity index (χ2n) is 5.68. The molecule has 0 saturated carbocycles. The maximum absolute atomic E-state index is 6.10. The van der Waals surface area contributed by atoms with Crippen LogP contribution in [-0.4, -0.2) is 6.54 Å². The lowest BCUT2D eigenvalue weighted by atomic mass is 9.96. The van der Waals surface area contributed by atoms with Gasteiger partial charge in [0.05, 0.1) is 0 Å². The third-order valence-electron chi connectivity index (χ3n) is 3.90. The van der Waals surface area contributed by atoms with Gasteiger partial charge in [-0.05, 0) is 67.6 Å². The van der Waals surface area contributed by atoms with E-state index in [1.54, 1.807) is 0 Å². The molecule has 0 heterocycles. The number of benzene rings is 2. The van der Waals surface area contributed by atoms with Crippen LogP contribution in [0, 0.1) is 13.8 Å². The Morgan fingerprint density at radius 2 is 1.86 bits per heavy atom. The number of rotatable bonds is 6. The van der Waals surface area contributed by atoms with Crippen LogP contribution in [0.1, 0.15) is 41.6 Å². The third-order valence-corrected chi connectivity index (χ3v) is 4.14. The summed E-state index contributed by atoms with van der Waals surface area (Å²) >= 11 is 6.10. The van der Waals surface area contributed by atoms with Crippen molar-refractivity contribution in [1.29, 1.82) is 0 Å². The van der Waals surface area contributed by atoms with Gasteiger partial charge in [-0.25, -0.2) is 0 Å². The van der Waals surface area contributed by atoms with Gasteiger partial charge in [0.1, 0.15) is 0 Å². The molecule has 112 valence electrons. The van der Waals surface area contributed by atoms with Crippen LogP contribution < -0.4 is 5.32 Å². The van der Waals surface area contributed by atoms with Crippen LogP contribution in [0.5, 0.6) is 0 Å². The van der Waals surface area contributed by atoms with Gasteiger partial charge < -0.3 is 5.32 Å². The van der Waals surface area contributed by atoms with E-state index in [-0.39, 0.29) is 0 Å². The lowest BCUT2D eigenvalue weighted by Gasteiger charge is -2.20. The Hall–Kier alpha value is -1.31.